The molecule has 2 rings (SSSR count). The van der Waals surface area contributed by atoms with Gasteiger partial charge in [-0.3, -0.25) is 5.10 Å². The molecule has 0 saturated carbocycles. The van der Waals surface area contributed by atoms with Crippen LogP contribution in [0.1, 0.15) is 18.9 Å². The summed E-state index contributed by atoms with van der Waals surface area (Å²) in [5.41, 5.74) is 0.775. The van der Waals surface area contributed by atoms with Crippen LogP contribution in [-0.4, -0.2) is 25.2 Å². The van der Waals surface area contributed by atoms with Crippen LogP contribution in [0.4, 0.5) is 0 Å². The smallest absolute Gasteiger partial charge is 0.240 e. The van der Waals surface area contributed by atoms with E-state index in [1.54, 1.807) is 24.5 Å². The van der Waals surface area contributed by atoms with Gasteiger partial charge in [0.05, 0.1) is 17.7 Å². The number of aromatic nitrogens is 2. The van der Waals surface area contributed by atoms with Gasteiger partial charge in [-0.15, -0.1) is 0 Å². The molecule has 20 heavy (non-hydrogen) atoms. The zero-order valence-corrected chi connectivity index (χ0v) is 12.0. The molecule has 2 N–H and O–H groups in total. The largest absolute Gasteiger partial charge is 0.494 e. The highest BCUT2D eigenvalue weighted by molar-refractivity contribution is 7.89. The van der Waals surface area contributed by atoms with Crippen molar-refractivity contribution in [2.75, 3.05) is 6.61 Å². The van der Waals surface area contributed by atoms with Crippen LogP contribution < -0.4 is 9.46 Å². The first-order valence-corrected chi connectivity index (χ1v) is 7.80. The number of hydrogen-bond acceptors (Lipinski definition) is 4. The first kappa shape index (κ1) is 14.5. The summed E-state index contributed by atoms with van der Waals surface area (Å²) in [6, 6.07) is 6.37. The van der Waals surface area contributed by atoms with Crippen LogP contribution in [0, 0.1) is 0 Å². The van der Waals surface area contributed by atoms with E-state index in [4.69, 9.17) is 4.74 Å². The molecular formula is C13H17N3O3S. The molecule has 7 heteroatoms. The molecule has 6 nitrogen and oxygen atoms in total. The van der Waals surface area contributed by atoms with Gasteiger partial charge in [0.1, 0.15) is 5.75 Å². The third kappa shape index (κ3) is 3.82. The maximum absolute atomic E-state index is 12.1. The Morgan fingerprint density at radius 2 is 2.05 bits per heavy atom. The molecular weight excluding hydrogens is 278 g/mol. The number of hydrogen-bond donors (Lipinski definition) is 2. The maximum Gasteiger partial charge on any atom is 0.240 e. The van der Waals surface area contributed by atoms with E-state index in [9.17, 15) is 8.42 Å². The van der Waals surface area contributed by atoms with Crippen molar-refractivity contribution in [1.29, 1.82) is 0 Å². The van der Waals surface area contributed by atoms with E-state index >= 15 is 0 Å². The van der Waals surface area contributed by atoms with Gasteiger partial charge in [0.25, 0.3) is 0 Å². The SMILES string of the molecule is CCCOc1ccc(S(=O)(=O)NCc2cn[nH]c2)cc1. The Bertz CT molecular complexity index is 621. The van der Waals surface area contributed by atoms with E-state index in [2.05, 4.69) is 14.9 Å². The minimum absolute atomic E-state index is 0.201. The van der Waals surface area contributed by atoms with E-state index in [-0.39, 0.29) is 11.4 Å². The van der Waals surface area contributed by atoms with E-state index < -0.39 is 10.0 Å². The third-order valence-corrected chi connectivity index (χ3v) is 4.05. The molecule has 0 aliphatic carbocycles. The molecule has 0 spiro atoms. The predicted octanol–water partition coefficient (Wildman–Crippen LogP) is 1.68. The average Bonchev–Trinajstić information content (AvgIpc) is 2.97. The summed E-state index contributed by atoms with van der Waals surface area (Å²) in [5, 5.41) is 6.39. The molecule has 0 atom stereocenters. The molecule has 0 fully saturated rings. The normalized spacial score (nSPS) is 11.4. The van der Waals surface area contributed by atoms with Gasteiger partial charge in [-0.25, -0.2) is 13.1 Å². The number of ether oxygens (including phenoxy) is 1. The molecule has 0 saturated heterocycles. The van der Waals surface area contributed by atoms with Crippen molar-refractivity contribution in [1.82, 2.24) is 14.9 Å². The molecule has 0 bridgehead atoms. The summed E-state index contributed by atoms with van der Waals surface area (Å²) in [7, 11) is -3.52. The van der Waals surface area contributed by atoms with Gasteiger partial charge in [-0.2, -0.15) is 5.10 Å². The zero-order chi connectivity index (χ0) is 14.4. The third-order valence-electron chi connectivity index (χ3n) is 2.63. The Morgan fingerprint density at radius 1 is 1.30 bits per heavy atom. The molecule has 0 aliphatic rings. The lowest BCUT2D eigenvalue weighted by atomic mass is 10.3. The van der Waals surface area contributed by atoms with Crippen LogP contribution in [0.15, 0.2) is 41.6 Å². The van der Waals surface area contributed by atoms with Crippen LogP contribution >= 0.6 is 0 Å². The van der Waals surface area contributed by atoms with Gasteiger partial charge < -0.3 is 4.74 Å². The first-order valence-electron chi connectivity index (χ1n) is 6.32. The first-order chi connectivity index (χ1) is 9.62. The van der Waals surface area contributed by atoms with Crippen molar-refractivity contribution >= 4 is 10.0 Å². The summed E-state index contributed by atoms with van der Waals surface area (Å²) in [6.45, 7) is 2.83. The van der Waals surface area contributed by atoms with Crippen LogP contribution in [0.5, 0.6) is 5.75 Å². The fraction of sp³-hybridized carbons (Fsp3) is 0.308. The molecule has 0 aliphatic heterocycles. The number of benzene rings is 1. The molecule has 1 heterocycles. The monoisotopic (exact) mass is 295 g/mol. The molecule has 1 aromatic heterocycles. The highest BCUT2D eigenvalue weighted by Gasteiger charge is 2.13. The summed E-state index contributed by atoms with van der Waals surface area (Å²) in [4.78, 5) is 0.213. The Kier molecular flexibility index (Phi) is 4.75. The van der Waals surface area contributed by atoms with Gasteiger partial charge in [-0.05, 0) is 30.7 Å². The fourth-order valence-corrected chi connectivity index (χ4v) is 2.59. The minimum Gasteiger partial charge on any atom is -0.494 e. The predicted molar refractivity (Wildman–Crippen MR) is 74.8 cm³/mol. The van der Waals surface area contributed by atoms with Crippen LogP contribution in [0.2, 0.25) is 0 Å². The van der Waals surface area contributed by atoms with Gasteiger partial charge in [0, 0.05) is 18.3 Å². The van der Waals surface area contributed by atoms with Gasteiger partial charge in [0.15, 0.2) is 0 Å². The zero-order valence-electron chi connectivity index (χ0n) is 11.2. The van der Waals surface area contributed by atoms with Gasteiger partial charge >= 0.3 is 0 Å². The molecule has 2 aromatic rings. The maximum atomic E-state index is 12.1. The lowest BCUT2D eigenvalue weighted by Gasteiger charge is -2.07. The number of H-pyrrole nitrogens is 1. The topological polar surface area (TPSA) is 84.1 Å². The van der Waals surface area contributed by atoms with Crippen molar-refractivity contribution in [3.8, 4) is 5.75 Å². The lowest BCUT2D eigenvalue weighted by Crippen LogP contribution is -2.22. The summed E-state index contributed by atoms with van der Waals surface area (Å²) < 4.78 is 32.1. The number of nitrogens with zero attached hydrogens (tertiary/aromatic N) is 1. The van der Waals surface area contributed by atoms with Crippen molar-refractivity contribution in [2.45, 2.75) is 24.8 Å². The minimum atomic E-state index is -3.52. The molecule has 108 valence electrons. The fourth-order valence-electron chi connectivity index (χ4n) is 1.57. The second-order valence-corrected chi connectivity index (χ2v) is 6.02. The quantitative estimate of drug-likeness (QED) is 0.814. The number of rotatable bonds is 7. The van der Waals surface area contributed by atoms with Gasteiger partial charge in [-0.1, -0.05) is 6.92 Å². The summed E-state index contributed by atoms with van der Waals surface area (Å²) >= 11 is 0. The van der Waals surface area contributed by atoms with Crippen molar-refractivity contribution in [3.05, 3.63) is 42.2 Å². The van der Waals surface area contributed by atoms with E-state index in [1.165, 1.54) is 12.1 Å². The van der Waals surface area contributed by atoms with Crippen molar-refractivity contribution in [3.63, 3.8) is 0 Å². The van der Waals surface area contributed by atoms with Crippen LogP contribution in [0.25, 0.3) is 0 Å². The summed E-state index contributed by atoms with van der Waals surface area (Å²) in [5.74, 6) is 0.667. The Morgan fingerprint density at radius 3 is 2.65 bits per heavy atom. The number of sulfonamides is 1. The average molecular weight is 295 g/mol. The second-order valence-electron chi connectivity index (χ2n) is 4.25. The van der Waals surface area contributed by atoms with Crippen molar-refractivity contribution < 1.29 is 13.2 Å². The number of nitrogens with one attached hydrogen (secondary N) is 2. The molecule has 0 unspecified atom stereocenters. The molecule has 1 aromatic carbocycles. The van der Waals surface area contributed by atoms with Crippen molar-refractivity contribution in [2.24, 2.45) is 0 Å². The highest BCUT2D eigenvalue weighted by atomic mass is 32.2. The number of aromatic amines is 1. The Balaban J connectivity index is 2.01. The lowest BCUT2D eigenvalue weighted by molar-refractivity contribution is 0.317. The van der Waals surface area contributed by atoms with E-state index in [0.717, 1.165) is 12.0 Å². The van der Waals surface area contributed by atoms with Crippen LogP contribution in [-0.2, 0) is 16.6 Å². The van der Waals surface area contributed by atoms with Gasteiger partial charge in [0.2, 0.25) is 10.0 Å². The standard InChI is InChI=1S/C13H17N3O3S/c1-2-7-19-12-3-5-13(6-4-12)20(17,18)16-10-11-8-14-15-9-11/h3-6,8-9,16H,2,7,10H2,1H3,(H,14,15). The molecule has 0 amide bonds. The highest BCUT2D eigenvalue weighted by Crippen LogP contribution is 2.16. The van der Waals surface area contributed by atoms with E-state index in [0.29, 0.717) is 12.4 Å². The van der Waals surface area contributed by atoms with E-state index in [1.807, 2.05) is 6.92 Å². The van der Waals surface area contributed by atoms with Crippen LogP contribution in [0.3, 0.4) is 0 Å². The Labute approximate surface area is 118 Å². The molecule has 0 radical (unpaired) electrons. The Hall–Kier alpha value is -1.86. The second kappa shape index (κ2) is 6.53. The summed E-state index contributed by atoms with van der Waals surface area (Å²) in [6.07, 6.45) is 4.13.